The molecule has 1 heterocycles. The highest BCUT2D eigenvalue weighted by atomic mass is 16.1. The lowest BCUT2D eigenvalue weighted by molar-refractivity contribution is 0.0933. The highest BCUT2D eigenvalue weighted by Crippen LogP contribution is 2.08. The molecule has 1 aliphatic heterocycles. The predicted molar refractivity (Wildman–Crippen MR) is 59.7 cm³/mol. The third kappa shape index (κ3) is 2.36. The van der Waals surface area contributed by atoms with E-state index in [1.54, 1.807) is 0 Å². The summed E-state index contributed by atoms with van der Waals surface area (Å²) in [6.07, 6.45) is 2.31. The molecule has 0 bridgehead atoms. The fourth-order valence-electron chi connectivity index (χ4n) is 1.87. The number of carbonyl (C=O) groups is 1. The van der Waals surface area contributed by atoms with Crippen LogP contribution in [0, 0.1) is 6.92 Å². The van der Waals surface area contributed by atoms with E-state index in [9.17, 15) is 4.79 Å². The lowest BCUT2D eigenvalue weighted by Gasteiger charge is -2.13. The van der Waals surface area contributed by atoms with Crippen LogP contribution in [0.2, 0.25) is 0 Å². The summed E-state index contributed by atoms with van der Waals surface area (Å²) < 4.78 is 0. The van der Waals surface area contributed by atoms with E-state index in [2.05, 4.69) is 10.6 Å². The number of hydrogen-bond acceptors (Lipinski definition) is 2. The maximum absolute atomic E-state index is 11.9. The molecule has 1 atom stereocenters. The summed E-state index contributed by atoms with van der Waals surface area (Å²) in [5, 5.41) is 6.23. The van der Waals surface area contributed by atoms with Crippen molar-refractivity contribution in [3.63, 3.8) is 0 Å². The van der Waals surface area contributed by atoms with Crippen LogP contribution in [0.1, 0.15) is 28.8 Å². The maximum atomic E-state index is 11.9. The molecule has 2 rings (SSSR count). The van der Waals surface area contributed by atoms with E-state index >= 15 is 0 Å². The lowest BCUT2D eigenvalue weighted by atomic mass is 10.1. The molecule has 15 heavy (non-hydrogen) atoms. The minimum atomic E-state index is 0.0208. The predicted octanol–water partition coefficient (Wildman–Crippen LogP) is 1.43. The Balaban J connectivity index is 2.04. The summed E-state index contributed by atoms with van der Waals surface area (Å²) in [4.78, 5) is 11.9. The van der Waals surface area contributed by atoms with E-state index in [1.807, 2.05) is 31.2 Å². The number of nitrogens with one attached hydrogen (secondary N) is 2. The summed E-state index contributed by atoms with van der Waals surface area (Å²) in [7, 11) is 0. The van der Waals surface area contributed by atoms with E-state index in [4.69, 9.17) is 0 Å². The van der Waals surface area contributed by atoms with Gasteiger partial charge in [0.2, 0.25) is 0 Å². The van der Waals surface area contributed by atoms with Crippen LogP contribution in [-0.4, -0.2) is 18.6 Å². The van der Waals surface area contributed by atoms with Gasteiger partial charge in [0.15, 0.2) is 0 Å². The molecule has 0 aromatic heterocycles. The second-order valence-corrected chi connectivity index (χ2v) is 3.94. The molecule has 2 N–H and O–H groups in total. The van der Waals surface area contributed by atoms with Gasteiger partial charge in [0.05, 0.1) is 6.17 Å². The van der Waals surface area contributed by atoms with Crippen LogP contribution in [0.25, 0.3) is 0 Å². The number of benzene rings is 1. The van der Waals surface area contributed by atoms with Crippen LogP contribution in [0.5, 0.6) is 0 Å². The lowest BCUT2D eigenvalue weighted by Crippen LogP contribution is -2.41. The van der Waals surface area contributed by atoms with Crippen LogP contribution in [0.15, 0.2) is 24.3 Å². The molecule has 1 amide bonds. The third-order valence-electron chi connectivity index (χ3n) is 2.76. The number of aryl methyl sites for hydroxylation is 1. The van der Waals surface area contributed by atoms with Crippen LogP contribution in [-0.2, 0) is 0 Å². The van der Waals surface area contributed by atoms with Crippen molar-refractivity contribution in [1.29, 1.82) is 0 Å². The van der Waals surface area contributed by atoms with Gasteiger partial charge in [-0.25, -0.2) is 0 Å². The molecule has 0 aliphatic carbocycles. The molecule has 0 saturated carbocycles. The van der Waals surface area contributed by atoms with Crippen LogP contribution >= 0.6 is 0 Å². The molecule has 1 unspecified atom stereocenters. The molecule has 1 saturated heterocycles. The van der Waals surface area contributed by atoms with Crippen LogP contribution < -0.4 is 10.6 Å². The van der Waals surface area contributed by atoms with Gasteiger partial charge in [-0.15, -0.1) is 0 Å². The Bertz CT molecular complexity index is 356. The number of carbonyl (C=O) groups excluding carboxylic acids is 1. The highest BCUT2D eigenvalue weighted by Gasteiger charge is 2.17. The largest absolute Gasteiger partial charge is 0.337 e. The summed E-state index contributed by atoms with van der Waals surface area (Å²) in [5.41, 5.74) is 1.79. The Morgan fingerprint density at radius 1 is 1.47 bits per heavy atom. The standard InChI is InChI=1S/C12H16N2O/c1-9-5-2-3-6-10(9)12(15)14-11-7-4-8-13-11/h2-3,5-6,11,13H,4,7-8H2,1H3,(H,14,15). The number of amides is 1. The van der Waals surface area contributed by atoms with Crippen molar-refractivity contribution >= 4 is 5.91 Å². The van der Waals surface area contributed by atoms with Crippen molar-refractivity contribution in [3.8, 4) is 0 Å². The van der Waals surface area contributed by atoms with Crippen molar-refractivity contribution in [1.82, 2.24) is 10.6 Å². The van der Waals surface area contributed by atoms with E-state index in [1.165, 1.54) is 0 Å². The molecule has 1 aromatic rings. The Morgan fingerprint density at radius 3 is 2.93 bits per heavy atom. The second kappa shape index (κ2) is 4.45. The highest BCUT2D eigenvalue weighted by molar-refractivity contribution is 5.95. The molecule has 3 heteroatoms. The average Bonchev–Trinajstić information content (AvgIpc) is 2.71. The Morgan fingerprint density at radius 2 is 2.27 bits per heavy atom. The first-order chi connectivity index (χ1) is 7.27. The van der Waals surface area contributed by atoms with Crippen LogP contribution in [0.4, 0.5) is 0 Å². The van der Waals surface area contributed by atoms with Crippen molar-refractivity contribution in [3.05, 3.63) is 35.4 Å². The first-order valence-corrected chi connectivity index (χ1v) is 5.37. The van der Waals surface area contributed by atoms with Gasteiger partial charge in [-0.1, -0.05) is 18.2 Å². The molecule has 1 fully saturated rings. The quantitative estimate of drug-likeness (QED) is 0.765. The molecule has 1 aromatic carbocycles. The fraction of sp³-hybridized carbons (Fsp3) is 0.417. The normalized spacial score (nSPS) is 20.2. The van der Waals surface area contributed by atoms with Gasteiger partial charge in [-0.05, 0) is 37.9 Å². The first-order valence-electron chi connectivity index (χ1n) is 5.37. The monoisotopic (exact) mass is 204 g/mol. The zero-order valence-electron chi connectivity index (χ0n) is 8.92. The topological polar surface area (TPSA) is 41.1 Å². The van der Waals surface area contributed by atoms with E-state index in [0.29, 0.717) is 0 Å². The zero-order chi connectivity index (χ0) is 10.7. The van der Waals surface area contributed by atoms with Crippen LogP contribution in [0.3, 0.4) is 0 Å². The minimum Gasteiger partial charge on any atom is -0.337 e. The van der Waals surface area contributed by atoms with E-state index in [0.717, 1.165) is 30.5 Å². The van der Waals surface area contributed by atoms with Gasteiger partial charge in [0.25, 0.3) is 5.91 Å². The Kier molecular flexibility index (Phi) is 3.02. The SMILES string of the molecule is Cc1ccccc1C(=O)NC1CCCN1. The third-order valence-corrected chi connectivity index (χ3v) is 2.76. The van der Waals surface area contributed by atoms with Gasteiger partial charge in [0.1, 0.15) is 0 Å². The number of hydrogen-bond donors (Lipinski definition) is 2. The molecule has 0 radical (unpaired) electrons. The molecule has 80 valence electrons. The number of rotatable bonds is 2. The van der Waals surface area contributed by atoms with Gasteiger partial charge in [-0.2, -0.15) is 0 Å². The summed E-state index contributed by atoms with van der Waals surface area (Å²) in [5.74, 6) is 0.0208. The van der Waals surface area contributed by atoms with Gasteiger partial charge in [-0.3, -0.25) is 10.1 Å². The van der Waals surface area contributed by atoms with Crippen molar-refractivity contribution in [2.24, 2.45) is 0 Å². The van der Waals surface area contributed by atoms with E-state index in [-0.39, 0.29) is 12.1 Å². The summed E-state index contributed by atoms with van der Waals surface area (Å²) in [6.45, 7) is 2.95. The smallest absolute Gasteiger partial charge is 0.252 e. The van der Waals surface area contributed by atoms with Gasteiger partial charge < -0.3 is 5.32 Å². The van der Waals surface area contributed by atoms with Crippen molar-refractivity contribution < 1.29 is 4.79 Å². The minimum absolute atomic E-state index is 0.0208. The van der Waals surface area contributed by atoms with Gasteiger partial charge in [0, 0.05) is 5.56 Å². The fourth-order valence-corrected chi connectivity index (χ4v) is 1.87. The molecular formula is C12H16N2O. The average molecular weight is 204 g/mol. The Labute approximate surface area is 89.9 Å². The molecule has 1 aliphatic rings. The van der Waals surface area contributed by atoms with Crippen molar-refractivity contribution in [2.45, 2.75) is 25.9 Å². The second-order valence-electron chi connectivity index (χ2n) is 3.94. The van der Waals surface area contributed by atoms with Gasteiger partial charge >= 0.3 is 0 Å². The first kappa shape index (κ1) is 10.2. The molecular weight excluding hydrogens is 188 g/mol. The van der Waals surface area contributed by atoms with Crippen molar-refractivity contribution in [2.75, 3.05) is 6.54 Å². The van der Waals surface area contributed by atoms with E-state index < -0.39 is 0 Å². The molecule has 0 spiro atoms. The summed E-state index contributed by atoms with van der Waals surface area (Å²) in [6, 6.07) is 7.65. The zero-order valence-corrected chi connectivity index (χ0v) is 8.92. The maximum Gasteiger partial charge on any atom is 0.252 e. The molecule has 3 nitrogen and oxygen atoms in total. The summed E-state index contributed by atoms with van der Waals surface area (Å²) >= 11 is 0. The Hall–Kier alpha value is -1.35.